The molecule has 3 atom stereocenters. The molecule has 4 aromatic rings. The number of aromatic nitrogens is 4. The van der Waals surface area contributed by atoms with E-state index >= 15 is 0 Å². The first-order chi connectivity index (χ1) is 16.6. The normalized spacial score (nSPS) is 24.1. The number of anilines is 2. The van der Waals surface area contributed by atoms with Gasteiger partial charge in [-0.25, -0.2) is 8.91 Å². The van der Waals surface area contributed by atoms with Crippen LogP contribution in [0, 0.1) is 29.0 Å². The van der Waals surface area contributed by atoms with Gasteiger partial charge in [0.1, 0.15) is 17.3 Å². The van der Waals surface area contributed by atoms with E-state index in [0.29, 0.717) is 24.3 Å². The molecule has 34 heavy (non-hydrogen) atoms. The fourth-order valence-corrected chi connectivity index (χ4v) is 6.15. The number of rotatable bonds is 2. The van der Waals surface area contributed by atoms with Gasteiger partial charge in [-0.15, -0.1) is 0 Å². The summed E-state index contributed by atoms with van der Waals surface area (Å²) >= 11 is 0. The molecule has 0 spiro atoms. The van der Waals surface area contributed by atoms with Gasteiger partial charge in [-0.3, -0.25) is 4.68 Å². The van der Waals surface area contributed by atoms with Gasteiger partial charge in [-0.2, -0.15) is 15.5 Å². The maximum Gasteiger partial charge on any atom is 0.171 e. The standard InChI is InChI=1S/C25H25FN8/c1-15-11-32(23-5-3-19(7-27)34-25(23)21(26)10-29-34)14-24-20-4-2-18(6-22(20)30-33(15)24)31-12-16-8-28-9-17(16)13-31/h2-6,10,15-17,28H,8-9,11-14H2,1H3/t15-,16?,17?/m1/s1. The second kappa shape index (κ2) is 7.18. The van der Waals surface area contributed by atoms with Crippen molar-refractivity contribution < 1.29 is 4.39 Å². The van der Waals surface area contributed by atoms with Crippen molar-refractivity contribution in [1.82, 2.24) is 24.7 Å². The molecule has 3 aliphatic rings. The van der Waals surface area contributed by atoms with Crippen molar-refractivity contribution in [2.24, 2.45) is 11.8 Å². The molecule has 9 heteroatoms. The summed E-state index contributed by atoms with van der Waals surface area (Å²) in [6.07, 6.45) is 1.18. The molecule has 0 radical (unpaired) electrons. The number of nitriles is 1. The average molecular weight is 457 g/mol. The molecule has 0 bridgehead atoms. The van der Waals surface area contributed by atoms with Crippen molar-refractivity contribution in [2.45, 2.75) is 19.5 Å². The summed E-state index contributed by atoms with van der Waals surface area (Å²) in [5, 5.41) is 23.1. The summed E-state index contributed by atoms with van der Waals surface area (Å²) in [5.41, 5.74) is 4.80. The third kappa shape index (κ3) is 2.78. The maximum atomic E-state index is 14.7. The molecule has 3 aromatic heterocycles. The number of nitrogens with one attached hydrogen (secondary N) is 1. The Bertz CT molecular complexity index is 1470. The summed E-state index contributed by atoms with van der Waals surface area (Å²) in [6.45, 7) is 7.91. The first kappa shape index (κ1) is 19.8. The molecule has 172 valence electrons. The number of fused-ring (bicyclic) bond motifs is 5. The highest BCUT2D eigenvalue weighted by Crippen LogP contribution is 2.36. The number of benzene rings is 1. The molecule has 0 aliphatic carbocycles. The SMILES string of the molecule is C[C@@H]1CN(c2ccc(C#N)n3ncc(F)c23)Cc2c3ccc(N4CC5CNCC5C4)cc3nn21. The Morgan fingerprint density at radius 1 is 1.09 bits per heavy atom. The lowest BCUT2D eigenvalue weighted by Gasteiger charge is -2.34. The van der Waals surface area contributed by atoms with E-state index in [1.54, 1.807) is 6.07 Å². The van der Waals surface area contributed by atoms with E-state index < -0.39 is 5.82 Å². The van der Waals surface area contributed by atoms with Gasteiger partial charge in [0.25, 0.3) is 0 Å². The van der Waals surface area contributed by atoms with E-state index in [1.807, 2.05) is 6.07 Å². The molecule has 3 aliphatic heterocycles. The van der Waals surface area contributed by atoms with Crippen LogP contribution in [0.4, 0.5) is 15.8 Å². The largest absolute Gasteiger partial charge is 0.371 e. The van der Waals surface area contributed by atoms with Crippen LogP contribution in [-0.4, -0.2) is 52.1 Å². The lowest BCUT2D eigenvalue weighted by molar-refractivity contribution is 0.430. The molecule has 0 saturated carbocycles. The third-order valence-corrected chi connectivity index (χ3v) is 7.83. The third-order valence-electron chi connectivity index (χ3n) is 7.83. The van der Waals surface area contributed by atoms with Crippen LogP contribution >= 0.6 is 0 Å². The maximum absolute atomic E-state index is 14.7. The Morgan fingerprint density at radius 2 is 1.91 bits per heavy atom. The van der Waals surface area contributed by atoms with Gasteiger partial charge >= 0.3 is 0 Å². The highest BCUT2D eigenvalue weighted by atomic mass is 19.1. The molecule has 6 heterocycles. The van der Waals surface area contributed by atoms with E-state index in [2.05, 4.69) is 56.1 Å². The van der Waals surface area contributed by atoms with Gasteiger partial charge in [0.05, 0.1) is 35.7 Å². The van der Waals surface area contributed by atoms with Crippen molar-refractivity contribution in [3.8, 4) is 6.07 Å². The summed E-state index contributed by atoms with van der Waals surface area (Å²) in [4.78, 5) is 4.67. The van der Waals surface area contributed by atoms with Crippen LogP contribution in [0.1, 0.15) is 24.4 Å². The number of nitrogens with zero attached hydrogens (tertiary/aromatic N) is 7. The van der Waals surface area contributed by atoms with Crippen molar-refractivity contribution in [1.29, 1.82) is 5.26 Å². The second-order valence-corrected chi connectivity index (χ2v) is 9.87. The smallest absolute Gasteiger partial charge is 0.171 e. The highest BCUT2D eigenvalue weighted by molar-refractivity contribution is 5.86. The Kier molecular flexibility index (Phi) is 4.18. The minimum absolute atomic E-state index is 0.124. The zero-order chi connectivity index (χ0) is 23.0. The minimum atomic E-state index is -0.418. The lowest BCUT2D eigenvalue weighted by Crippen LogP contribution is -2.36. The molecule has 1 aromatic carbocycles. The summed E-state index contributed by atoms with van der Waals surface area (Å²) in [5.74, 6) is 1.07. The van der Waals surface area contributed by atoms with Crippen molar-refractivity contribution in [3.05, 3.63) is 53.7 Å². The zero-order valence-electron chi connectivity index (χ0n) is 18.9. The number of hydrogen-bond donors (Lipinski definition) is 1. The predicted octanol–water partition coefficient (Wildman–Crippen LogP) is 2.93. The highest BCUT2D eigenvalue weighted by Gasteiger charge is 2.36. The number of halogens is 1. The predicted molar refractivity (Wildman–Crippen MR) is 127 cm³/mol. The summed E-state index contributed by atoms with van der Waals surface area (Å²) in [6, 6.07) is 12.4. The van der Waals surface area contributed by atoms with E-state index in [1.165, 1.54) is 16.4 Å². The topological polar surface area (TPSA) is 77.4 Å². The van der Waals surface area contributed by atoms with Gasteiger partial charge in [0.15, 0.2) is 5.82 Å². The second-order valence-electron chi connectivity index (χ2n) is 9.87. The Balaban J connectivity index is 1.26. The van der Waals surface area contributed by atoms with Crippen LogP contribution in [0.25, 0.3) is 16.4 Å². The van der Waals surface area contributed by atoms with Crippen molar-refractivity contribution in [3.63, 3.8) is 0 Å². The molecule has 2 unspecified atom stereocenters. The molecule has 7 rings (SSSR count). The Morgan fingerprint density at radius 3 is 2.71 bits per heavy atom. The van der Waals surface area contributed by atoms with Crippen LogP contribution in [0.2, 0.25) is 0 Å². The number of hydrogen-bond acceptors (Lipinski definition) is 6. The van der Waals surface area contributed by atoms with Crippen LogP contribution in [0.5, 0.6) is 0 Å². The van der Waals surface area contributed by atoms with Gasteiger partial charge in [-0.1, -0.05) is 0 Å². The average Bonchev–Trinajstić information content (AvgIpc) is 3.61. The van der Waals surface area contributed by atoms with E-state index in [4.69, 9.17) is 5.10 Å². The minimum Gasteiger partial charge on any atom is -0.371 e. The fraction of sp³-hybridized carbons (Fsp3) is 0.400. The van der Waals surface area contributed by atoms with Crippen LogP contribution < -0.4 is 15.1 Å². The lowest BCUT2D eigenvalue weighted by atomic mass is 10.0. The van der Waals surface area contributed by atoms with Crippen LogP contribution in [0.15, 0.2) is 36.5 Å². The van der Waals surface area contributed by atoms with Gasteiger partial charge in [-0.05, 0) is 49.1 Å². The van der Waals surface area contributed by atoms with E-state index in [9.17, 15) is 9.65 Å². The molecule has 8 nitrogen and oxygen atoms in total. The number of pyridine rings is 1. The zero-order valence-corrected chi connectivity index (χ0v) is 18.9. The van der Waals surface area contributed by atoms with Gasteiger partial charge in [0.2, 0.25) is 0 Å². The first-order valence-electron chi connectivity index (χ1n) is 11.9. The summed E-state index contributed by atoms with van der Waals surface area (Å²) < 4.78 is 18.2. The molecule has 1 N–H and O–H groups in total. The van der Waals surface area contributed by atoms with Crippen molar-refractivity contribution >= 4 is 27.8 Å². The molecular weight excluding hydrogens is 431 g/mol. The molecule has 0 amide bonds. The van der Waals surface area contributed by atoms with Gasteiger partial charge < -0.3 is 15.1 Å². The summed E-state index contributed by atoms with van der Waals surface area (Å²) in [7, 11) is 0. The molecule has 2 fully saturated rings. The van der Waals surface area contributed by atoms with E-state index in [-0.39, 0.29) is 6.04 Å². The molecular formula is C25H25FN8. The van der Waals surface area contributed by atoms with Crippen LogP contribution in [-0.2, 0) is 6.54 Å². The first-order valence-corrected chi connectivity index (χ1v) is 11.9. The Hall–Kier alpha value is -3.64. The Labute approximate surface area is 196 Å². The van der Waals surface area contributed by atoms with Crippen LogP contribution in [0.3, 0.4) is 0 Å². The monoisotopic (exact) mass is 456 g/mol. The van der Waals surface area contributed by atoms with E-state index in [0.717, 1.165) is 60.3 Å². The van der Waals surface area contributed by atoms with Crippen molar-refractivity contribution in [2.75, 3.05) is 42.5 Å². The molecule has 2 saturated heterocycles. The fourth-order valence-electron chi connectivity index (χ4n) is 6.15. The van der Waals surface area contributed by atoms with Gasteiger partial charge in [0, 0.05) is 43.8 Å². The quantitative estimate of drug-likeness (QED) is 0.500.